The van der Waals surface area contributed by atoms with Crippen molar-refractivity contribution in [2.24, 2.45) is 0 Å². The highest BCUT2D eigenvalue weighted by atomic mass is 35.5. The summed E-state index contributed by atoms with van der Waals surface area (Å²) in [4.78, 5) is 24.8. The van der Waals surface area contributed by atoms with Crippen molar-refractivity contribution < 1.29 is 9.53 Å². The van der Waals surface area contributed by atoms with Crippen LogP contribution in [0.5, 0.6) is 5.75 Å². The average Bonchev–Trinajstić information content (AvgIpc) is 3.20. The smallest absolute Gasteiger partial charge is 0.319 e. The van der Waals surface area contributed by atoms with Gasteiger partial charge in [-0.1, -0.05) is 23.2 Å². The number of nitriles is 1. The lowest BCUT2D eigenvalue weighted by Crippen LogP contribution is -2.32. The van der Waals surface area contributed by atoms with Crippen LogP contribution in [0, 0.1) is 11.3 Å². The number of nitrogens with one attached hydrogen (secondary N) is 2. The predicted octanol–water partition coefficient (Wildman–Crippen LogP) is 3.15. The van der Waals surface area contributed by atoms with Gasteiger partial charge in [0.1, 0.15) is 18.1 Å². The van der Waals surface area contributed by atoms with Gasteiger partial charge >= 0.3 is 6.03 Å². The highest BCUT2D eigenvalue weighted by molar-refractivity contribution is 6.37. The number of anilines is 1. The van der Waals surface area contributed by atoms with Gasteiger partial charge in [-0.25, -0.2) is 19.7 Å². The Labute approximate surface area is 175 Å². The highest BCUT2D eigenvalue weighted by Gasteiger charge is 2.19. The maximum atomic E-state index is 12.4. The van der Waals surface area contributed by atoms with Crippen LogP contribution in [0.1, 0.15) is 18.8 Å². The third-order valence-electron chi connectivity index (χ3n) is 3.61. The van der Waals surface area contributed by atoms with E-state index >= 15 is 0 Å². The average molecular weight is 433 g/mol. The second-order valence-electron chi connectivity index (χ2n) is 5.61. The Morgan fingerprint density at radius 2 is 2.03 bits per heavy atom. The van der Waals surface area contributed by atoms with Crippen molar-refractivity contribution in [3.05, 3.63) is 52.8 Å². The summed E-state index contributed by atoms with van der Waals surface area (Å²) in [6.45, 7) is 1.54. The maximum absolute atomic E-state index is 12.4. The second-order valence-corrected chi connectivity index (χ2v) is 6.42. The number of benzene rings is 1. The third-order valence-corrected chi connectivity index (χ3v) is 4.22. The summed E-state index contributed by atoms with van der Waals surface area (Å²) in [5.74, 6) is 0.989. The fourth-order valence-electron chi connectivity index (χ4n) is 2.37. The Morgan fingerprint density at radius 3 is 2.76 bits per heavy atom. The maximum Gasteiger partial charge on any atom is 0.319 e. The van der Waals surface area contributed by atoms with E-state index in [0.29, 0.717) is 11.8 Å². The molecule has 1 aromatic carbocycles. The first-order valence-corrected chi connectivity index (χ1v) is 8.98. The summed E-state index contributed by atoms with van der Waals surface area (Å²) in [6, 6.07) is 5.30. The van der Waals surface area contributed by atoms with E-state index in [-0.39, 0.29) is 28.1 Å². The predicted molar refractivity (Wildman–Crippen MR) is 105 cm³/mol. The largest absolute Gasteiger partial charge is 0.477 e. The molecule has 0 fully saturated rings. The summed E-state index contributed by atoms with van der Waals surface area (Å²) in [6.07, 6.45) is 4.50. The number of hydrogen-bond acceptors (Lipinski definition) is 7. The lowest BCUT2D eigenvalue weighted by molar-refractivity contribution is 0.248. The third kappa shape index (κ3) is 4.90. The molecule has 0 radical (unpaired) electrons. The van der Waals surface area contributed by atoms with Gasteiger partial charge < -0.3 is 15.4 Å². The van der Waals surface area contributed by atoms with Crippen LogP contribution >= 0.6 is 23.2 Å². The number of carbonyl (C=O) groups excluding carboxylic acids is 1. The molecule has 0 saturated carbocycles. The van der Waals surface area contributed by atoms with Gasteiger partial charge in [0, 0.05) is 18.5 Å². The van der Waals surface area contributed by atoms with Crippen molar-refractivity contribution in [3.63, 3.8) is 0 Å². The minimum absolute atomic E-state index is 0.193. The van der Waals surface area contributed by atoms with E-state index in [4.69, 9.17) is 33.2 Å². The lowest BCUT2D eigenvalue weighted by Gasteiger charge is -2.16. The molecule has 0 spiro atoms. The number of carbonyl (C=O) groups is 1. The molecule has 2 N–H and O–H groups in total. The summed E-state index contributed by atoms with van der Waals surface area (Å²) in [5, 5.41) is 18.5. The van der Waals surface area contributed by atoms with Gasteiger partial charge in [0.25, 0.3) is 5.95 Å². The fourth-order valence-corrected chi connectivity index (χ4v) is 2.85. The standard InChI is InChI=1S/C17H14Cl2N8O2/c1-10(15-23-9-24-27(15)16-21-4-2-5-22-16)25-17(28)26-13-8-14(29-6-3-20)12(19)7-11(13)18/h2,4-5,7-10H,6H2,1H3,(H2,25,26,28). The number of ether oxygens (including phenoxy) is 1. The van der Waals surface area contributed by atoms with E-state index in [9.17, 15) is 4.79 Å². The first-order valence-electron chi connectivity index (χ1n) is 8.23. The Balaban J connectivity index is 1.72. The van der Waals surface area contributed by atoms with Crippen molar-refractivity contribution in [2.45, 2.75) is 13.0 Å². The van der Waals surface area contributed by atoms with Gasteiger partial charge in [-0.2, -0.15) is 15.0 Å². The molecule has 12 heteroatoms. The molecule has 29 heavy (non-hydrogen) atoms. The van der Waals surface area contributed by atoms with Crippen molar-refractivity contribution in [1.82, 2.24) is 30.0 Å². The minimum atomic E-state index is -0.545. The van der Waals surface area contributed by atoms with Gasteiger partial charge in [-0.05, 0) is 19.1 Å². The molecule has 2 aromatic heterocycles. The molecule has 3 aromatic rings. The fraction of sp³-hybridized carbons (Fsp3) is 0.176. The zero-order chi connectivity index (χ0) is 20.8. The quantitative estimate of drug-likeness (QED) is 0.611. The molecule has 1 unspecified atom stereocenters. The molecule has 1 atom stereocenters. The molecule has 0 saturated heterocycles. The molecule has 0 aliphatic carbocycles. The molecule has 2 heterocycles. The normalized spacial score (nSPS) is 11.4. The number of halogens is 2. The zero-order valence-corrected chi connectivity index (χ0v) is 16.5. The first-order chi connectivity index (χ1) is 14.0. The van der Waals surface area contributed by atoms with E-state index in [1.165, 1.54) is 23.1 Å². The molecule has 2 amide bonds. The van der Waals surface area contributed by atoms with Crippen molar-refractivity contribution in [3.8, 4) is 17.8 Å². The van der Waals surface area contributed by atoms with E-state index in [1.807, 2.05) is 6.07 Å². The Bertz CT molecular complexity index is 1050. The first kappa shape index (κ1) is 20.3. The van der Waals surface area contributed by atoms with Crippen LogP contribution in [0.3, 0.4) is 0 Å². The van der Waals surface area contributed by atoms with E-state index in [2.05, 4.69) is 30.7 Å². The van der Waals surface area contributed by atoms with Crippen LogP contribution in [-0.2, 0) is 0 Å². The van der Waals surface area contributed by atoms with Crippen molar-refractivity contribution in [2.75, 3.05) is 11.9 Å². The molecule has 0 aliphatic heterocycles. The van der Waals surface area contributed by atoms with Crippen LogP contribution in [0.4, 0.5) is 10.5 Å². The van der Waals surface area contributed by atoms with E-state index in [0.717, 1.165) is 0 Å². The number of hydrogen-bond donors (Lipinski definition) is 2. The van der Waals surface area contributed by atoms with E-state index < -0.39 is 12.1 Å². The topological polar surface area (TPSA) is 131 Å². The monoisotopic (exact) mass is 432 g/mol. The molecular weight excluding hydrogens is 419 g/mol. The Morgan fingerprint density at radius 1 is 1.28 bits per heavy atom. The molecule has 0 bridgehead atoms. The summed E-state index contributed by atoms with van der Waals surface area (Å²) in [5.41, 5.74) is 0.265. The van der Waals surface area contributed by atoms with Gasteiger partial charge in [0.05, 0.1) is 21.8 Å². The van der Waals surface area contributed by atoms with Crippen molar-refractivity contribution >= 4 is 34.9 Å². The van der Waals surface area contributed by atoms with Gasteiger partial charge in [-0.15, -0.1) is 0 Å². The van der Waals surface area contributed by atoms with Gasteiger partial charge in [0.2, 0.25) is 0 Å². The van der Waals surface area contributed by atoms with Crippen LogP contribution in [-0.4, -0.2) is 37.4 Å². The summed E-state index contributed by atoms with van der Waals surface area (Å²) in [7, 11) is 0. The molecular formula is C17H14Cl2N8O2. The number of urea groups is 1. The van der Waals surface area contributed by atoms with Gasteiger partial charge in [-0.3, -0.25) is 0 Å². The minimum Gasteiger partial charge on any atom is -0.477 e. The second kappa shape index (κ2) is 9.18. The summed E-state index contributed by atoms with van der Waals surface area (Å²) >= 11 is 12.2. The molecule has 10 nitrogen and oxygen atoms in total. The Hall–Kier alpha value is -3.42. The van der Waals surface area contributed by atoms with Crippen molar-refractivity contribution in [1.29, 1.82) is 5.26 Å². The molecule has 3 rings (SSSR count). The highest BCUT2D eigenvalue weighted by Crippen LogP contribution is 2.34. The number of aromatic nitrogens is 5. The molecule has 148 valence electrons. The Kier molecular flexibility index (Phi) is 6.43. The van der Waals surface area contributed by atoms with Crippen LogP contribution in [0.15, 0.2) is 36.9 Å². The van der Waals surface area contributed by atoms with Crippen LogP contribution in [0.2, 0.25) is 10.0 Å². The number of nitrogens with zero attached hydrogens (tertiary/aromatic N) is 6. The lowest BCUT2D eigenvalue weighted by atomic mass is 10.3. The van der Waals surface area contributed by atoms with Gasteiger partial charge in [0.15, 0.2) is 12.4 Å². The SMILES string of the molecule is CC(NC(=O)Nc1cc(OCC#N)c(Cl)cc1Cl)c1ncnn1-c1ncccn1. The molecule has 0 aliphatic rings. The number of amides is 2. The van der Waals surface area contributed by atoms with Crippen LogP contribution in [0.25, 0.3) is 5.95 Å². The summed E-state index contributed by atoms with van der Waals surface area (Å²) < 4.78 is 6.63. The number of rotatable bonds is 6. The van der Waals surface area contributed by atoms with E-state index in [1.54, 1.807) is 25.4 Å². The van der Waals surface area contributed by atoms with Crippen LogP contribution < -0.4 is 15.4 Å². The zero-order valence-electron chi connectivity index (χ0n) is 15.0.